The van der Waals surface area contributed by atoms with Gasteiger partial charge in [-0.25, -0.2) is 4.79 Å². The second-order valence-electron chi connectivity index (χ2n) is 5.68. The minimum Gasteiger partial charge on any atom is -0.353 e. The van der Waals surface area contributed by atoms with Gasteiger partial charge >= 0.3 is 6.03 Å². The van der Waals surface area contributed by atoms with E-state index in [2.05, 4.69) is 16.0 Å². The van der Waals surface area contributed by atoms with Crippen LogP contribution in [0.1, 0.15) is 34.6 Å². The molecule has 4 amide bonds. The highest BCUT2D eigenvalue weighted by Gasteiger charge is 2.15. The Morgan fingerprint density at radius 3 is 2.05 bits per heavy atom. The van der Waals surface area contributed by atoms with Gasteiger partial charge in [-0.15, -0.1) is 0 Å². The van der Waals surface area contributed by atoms with Crippen molar-refractivity contribution in [3.8, 4) is 0 Å². The van der Waals surface area contributed by atoms with Gasteiger partial charge in [-0.2, -0.15) is 0 Å². The molecular weight excluding hydrogens is 272 g/mol. The Bertz CT molecular complexity index is 356. The Morgan fingerprint density at radius 2 is 1.57 bits per heavy atom. The van der Waals surface area contributed by atoms with Crippen molar-refractivity contribution in [3.05, 3.63) is 0 Å². The summed E-state index contributed by atoms with van der Waals surface area (Å²) in [5.41, 5.74) is 0. The van der Waals surface area contributed by atoms with E-state index >= 15 is 0 Å². The first-order valence-corrected chi connectivity index (χ1v) is 7.34. The Labute approximate surface area is 126 Å². The number of imide groups is 1. The number of carbonyl (C=O) groups is 3. The maximum atomic E-state index is 11.7. The molecule has 0 fully saturated rings. The normalized spacial score (nSPS) is 10.9. The monoisotopic (exact) mass is 300 g/mol. The van der Waals surface area contributed by atoms with Crippen molar-refractivity contribution < 1.29 is 14.4 Å². The van der Waals surface area contributed by atoms with Crippen LogP contribution in [0.25, 0.3) is 0 Å². The molecule has 3 N–H and O–H groups in total. The lowest BCUT2D eigenvalue weighted by Gasteiger charge is -2.20. The molecule has 7 heteroatoms. The fourth-order valence-electron chi connectivity index (χ4n) is 1.56. The van der Waals surface area contributed by atoms with Gasteiger partial charge in [-0.05, 0) is 26.3 Å². The molecule has 122 valence electrons. The predicted molar refractivity (Wildman–Crippen MR) is 81.8 cm³/mol. The topological polar surface area (TPSA) is 90.5 Å². The first-order chi connectivity index (χ1) is 9.74. The Kier molecular flexibility index (Phi) is 9.36. The van der Waals surface area contributed by atoms with Crippen molar-refractivity contribution in [2.45, 2.75) is 40.7 Å². The van der Waals surface area contributed by atoms with E-state index in [0.717, 1.165) is 0 Å². The van der Waals surface area contributed by atoms with Crippen LogP contribution < -0.4 is 16.0 Å². The van der Waals surface area contributed by atoms with Gasteiger partial charge < -0.3 is 10.6 Å². The van der Waals surface area contributed by atoms with Crippen molar-refractivity contribution >= 4 is 17.8 Å². The van der Waals surface area contributed by atoms with Gasteiger partial charge in [0, 0.05) is 12.6 Å². The van der Waals surface area contributed by atoms with Gasteiger partial charge in [-0.1, -0.05) is 20.8 Å². The van der Waals surface area contributed by atoms with E-state index in [9.17, 15) is 14.4 Å². The summed E-state index contributed by atoms with van der Waals surface area (Å²) in [4.78, 5) is 36.5. The van der Waals surface area contributed by atoms with Crippen LogP contribution in [-0.4, -0.2) is 55.0 Å². The highest BCUT2D eigenvalue weighted by molar-refractivity contribution is 5.95. The lowest BCUT2D eigenvalue weighted by Crippen LogP contribution is -2.47. The Morgan fingerprint density at radius 1 is 1.00 bits per heavy atom. The number of hydrogen-bond donors (Lipinski definition) is 3. The van der Waals surface area contributed by atoms with E-state index in [1.807, 2.05) is 34.6 Å². The molecule has 0 aliphatic rings. The standard InChI is InChI=1S/C14H28N4O3/c1-6-18(8-12(19)16-11(4)5)9-13(20)17-14(21)15-7-10(2)3/h10-11H,6-9H2,1-5H3,(H,16,19)(H2,15,17,20,21). The molecule has 0 atom stereocenters. The number of urea groups is 1. The number of amides is 4. The molecule has 7 nitrogen and oxygen atoms in total. The largest absolute Gasteiger partial charge is 0.353 e. The van der Waals surface area contributed by atoms with Crippen molar-refractivity contribution in [1.29, 1.82) is 0 Å². The number of nitrogens with zero attached hydrogens (tertiary/aromatic N) is 1. The van der Waals surface area contributed by atoms with E-state index in [4.69, 9.17) is 0 Å². The average molecular weight is 300 g/mol. The van der Waals surface area contributed by atoms with Crippen molar-refractivity contribution in [3.63, 3.8) is 0 Å². The molecule has 0 aliphatic carbocycles. The van der Waals surface area contributed by atoms with E-state index in [1.165, 1.54) is 0 Å². The van der Waals surface area contributed by atoms with Crippen LogP contribution in [0.4, 0.5) is 4.79 Å². The number of hydrogen-bond acceptors (Lipinski definition) is 4. The highest BCUT2D eigenvalue weighted by Crippen LogP contribution is 1.90. The summed E-state index contributed by atoms with van der Waals surface area (Å²) in [6, 6.07) is -0.441. The molecule has 0 radical (unpaired) electrons. The molecule has 0 aromatic heterocycles. The average Bonchev–Trinajstić information content (AvgIpc) is 2.34. The first kappa shape index (κ1) is 19.4. The third kappa shape index (κ3) is 10.8. The molecule has 0 heterocycles. The van der Waals surface area contributed by atoms with Gasteiger partial charge in [-0.3, -0.25) is 19.8 Å². The highest BCUT2D eigenvalue weighted by atomic mass is 16.2. The van der Waals surface area contributed by atoms with Crippen LogP contribution in [0.15, 0.2) is 0 Å². The van der Waals surface area contributed by atoms with E-state index in [-0.39, 0.29) is 25.0 Å². The first-order valence-electron chi connectivity index (χ1n) is 7.34. The summed E-state index contributed by atoms with van der Waals surface area (Å²) in [5.74, 6) is -0.239. The zero-order valence-corrected chi connectivity index (χ0v) is 13.7. The lowest BCUT2D eigenvalue weighted by molar-refractivity contribution is -0.124. The van der Waals surface area contributed by atoms with E-state index in [1.54, 1.807) is 4.90 Å². The summed E-state index contributed by atoms with van der Waals surface area (Å²) >= 11 is 0. The summed E-state index contributed by atoms with van der Waals surface area (Å²) in [7, 11) is 0. The van der Waals surface area contributed by atoms with Crippen LogP contribution in [0.5, 0.6) is 0 Å². The third-order valence-electron chi connectivity index (χ3n) is 2.56. The fraction of sp³-hybridized carbons (Fsp3) is 0.786. The van der Waals surface area contributed by atoms with Gasteiger partial charge in [0.25, 0.3) is 0 Å². The predicted octanol–water partition coefficient (Wildman–Crippen LogP) is 0.315. The minimum absolute atomic E-state index is 0.0110. The number of carbonyl (C=O) groups excluding carboxylic acids is 3. The molecule has 0 aromatic carbocycles. The molecule has 0 aromatic rings. The van der Waals surface area contributed by atoms with Crippen LogP contribution in [-0.2, 0) is 9.59 Å². The van der Waals surface area contributed by atoms with Crippen LogP contribution >= 0.6 is 0 Å². The maximum absolute atomic E-state index is 11.7. The Hall–Kier alpha value is -1.63. The SMILES string of the molecule is CCN(CC(=O)NC(=O)NCC(C)C)CC(=O)NC(C)C. The van der Waals surface area contributed by atoms with Crippen molar-refractivity contribution in [2.24, 2.45) is 5.92 Å². The van der Waals surface area contributed by atoms with Gasteiger partial charge in [0.2, 0.25) is 11.8 Å². The van der Waals surface area contributed by atoms with Crippen LogP contribution in [0, 0.1) is 5.92 Å². The summed E-state index contributed by atoms with van der Waals surface area (Å²) in [6.45, 7) is 10.7. The second kappa shape index (κ2) is 10.1. The zero-order valence-electron chi connectivity index (χ0n) is 13.7. The smallest absolute Gasteiger partial charge is 0.321 e. The molecular formula is C14H28N4O3. The molecule has 0 aliphatic heterocycles. The Balaban J connectivity index is 4.14. The maximum Gasteiger partial charge on any atom is 0.321 e. The summed E-state index contributed by atoms with van der Waals surface area (Å²) in [5, 5.41) is 7.62. The van der Waals surface area contributed by atoms with Gasteiger partial charge in [0.1, 0.15) is 0 Å². The number of nitrogens with one attached hydrogen (secondary N) is 3. The minimum atomic E-state index is -0.503. The van der Waals surface area contributed by atoms with Crippen LogP contribution in [0.2, 0.25) is 0 Å². The lowest BCUT2D eigenvalue weighted by atomic mass is 10.2. The molecule has 0 spiro atoms. The molecule has 0 unspecified atom stereocenters. The summed E-state index contributed by atoms with van der Waals surface area (Å²) < 4.78 is 0. The molecule has 0 rings (SSSR count). The van der Waals surface area contributed by atoms with Crippen molar-refractivity contribution in [1.82, 2.24) is 20.9 Å². The zero-order chi connectivity index (χ0) is 16.4. The van der Waals surface area contributed by atoms with Gasteiger partial charge in [0.05, 0.1) is 13.1 Å². The van der Waals surface area contributed by atoms with Crippen LogP contribution in [0.3, 0.4) is 0 Å². The van der Waals surface area contributed by atoms with E-state index < -0.39 is 11.9 Å². The molecule has 0 bridgehead atoms. The molecule has 0 saturated heterocycles. The van der Waals surface area contributed by atoms with E-state index in [0.29, 0.717) is 19.0 Å². The number of likely N-dealkylation sites (N-methyl/N-ethyl adjacent to an activating group) is 1. The number of rotatable bonds is 8. The second-order valence-corrected chi connectivity index (χ2v) is 5.68. The summed E-state index contributed by atoms with van der Waals surface area (Å²) in [6.07, 6.45) is 0. The van der Waals surface area contributed by atoms with Crippen molar-refractivity contribution in [2.75, 3.05) is 26.2 Å². The third-order valence-corrected chi connectivity index (χ3v) is 2.56. The quantitative estimate of drug-likeness (QED) is 0.602. The molecule has 21 heavy (non-hydrogen) atoms. The fourth-order valence-corrected chi connectivity index (χ4v) is 1.56. The molecule has 0 saturated carbocycles. The van der Waals surface area contributed by atoms with Gasteiger partial charge in [0.15, 0.2) is 0 Å².